The molecule has 1 aromatic carbocycles. The van der Waals surface area contributed by atoms with Crippen LogP contribution in [0.25, 0.3) is 0 Å². The van der Waals surface area contributed by atoms with Gasteiger partial charge in [-0.3, -0.25) is 4.79 Å². The van der Waals surface area contributed by atoms with Crippen LogP contribution in [-0.2, 0) is 4.79 Å². The molecule has 142 valence electrons. The summed E-state index contributed by atoms with van der Waals surface area (Å²) in [7, 11) is 1.92. The standard InChI is InChI=1S/C16H18F3N2O3PS/c17-7-5-9(25)13(19)15(12(7)18)24-11(22)4-2-1-3-10-14-8(6-26-10)20-16(23)21-14/h5,8,10,14H,1-4,6,25H2,(H2,20,21,23). The fourth-order valence-corrected chi connectivity index (χ4v) is 4.93. The largest absolute Gasteiger partial charge is 0.420 e. The first-order chi connectivity index (χ1) is 12.4. The van der Waals surface area contributed by atoms with Crippen LogP contribution in [0.15, 0.2) is 6.07 Å². The lowest BCUT2D eigenvalue weighted by Gasteiger charge is -2.16. The summed E-state index contributed by atoms with van der Waals surface area (Å²) in [6.07, 6.45) is 1.95. The van der Waals surface area contributed by atoms with Gasteiger partial charge < -0.3 is 15.4 Å². The highest BCUT2D eigenvalue weighted by Crippen LogP contribution is 2.33. The maximum atomic E-state index is 13.8. The highest BCUT2D eigenvalue weighted by Gasteiger charge is 2.42. The molecule has 0 aliphatic carbocycles. The Morgan fingerprint density at radius 1 is 1.27 bits per heavy atom. The molecule has 2 N–H and O–H groups in total. The molecular formula is C16H18F3N2O3PS. The van der Waals surface area contributed by atoms with Gasteiger partial charge in [-0.05, 0) is 18.9 Å². The molecule has 0 saturated carbocycles. The third-order valence-corrected chi connectivity index (χ3v) is 6.35. The third kappa shape index (κ3) is 4.09. The number of unbranched alkanes of at least 4 members (excludes halogenated alkanes) is 1. The maximum Gasteiger partial charge on any atom is 0.315 e. The Labute approximate surface area is 155 Å². The molecule has 1 aromatic rings. The second-order valence-corrected chi connectivity index (χ2v) is 8.14. The Morgan fingerprint density at radius 3 is 2.81 bits per heavy atom. The van der Waals surface area contributed by atoms with Crippen molar-refractivity contribution >= 4 is 38.3 Å². The lowest BCUT2D eigenvalue weighted by atomic mass is 10.0. The van der Waals surface area contributed by atoms with E-state index in [1.165, 1.54) is 0 Å². The summed E-state index contributed by atoms with van der Waals surface area (Å²) in [4.78, 5) is 23.1. The minimum absolute atomic E-state index is 0.0301. The van der Waals surface area contributed by atoms with Gasteiger partial charge in [-0.2, -0.15) is 16.2 Å². The average molecular weight is 406 g/mol. The molecule has 3 rings (SSSR count). The predicted molar refractivity (Wildman–Crippen MR) is 95.3 cm³/mol. The number of rotatable bonds is 6. The van der Waals surface area contributed by atoms with E-state index < -0.39 is 29.2 Å². The zero-order valence-electron chi connectivity index (χ0n) is 13.7. The van der Waals surface area contributed by atoms with E-state index in [1.54, 1.807) is 11.8 Å². The van der Waals surface area contributed by atoms with Crippen molar-refractivity contribution in [2.75, 3.05) is 5.75 Å². The Morgan fingerprint density at radius 2 is 2.04 bits per heavy atom. The molecule has 0 aromatic heterocycles. The van der Waals surface area contributed by atoms with E-state index in [0.717, 1.165) is 12.2 Å². The van der Waals surface area contributed by atoms with Gasteiger partial charge in [-0.1, -0.05) is 6.42 Å². The second-order valence-electron chi connectivity index (χ2n) is 6.25. The van der Waals surface area contributed by atoms with Gasteiger partial charge in [0.1, 0.15) is 0 Å². The molecule has 2 aliphatic heterocycles. The molecule has 2 saturated heterocycles. The molecule has 26 heavy (non-hydrogen) atoms. The van der Waals surface area contributed by atoms with Gasteiger partial charge in [0.05, 0.1) is 12.1 Å². The van der Waals surface area contributed by atoms with E-state index in [1.807, 2.05) is 9.24 Å². The highest BCUT2D eigenvalue weighted by molar-refractivity contribution is 8.00. The molecule has 2 heterocycles. The third-order valence-electron chi connectivity index (χ3n) is 4.42. The number of benzene rings is 1. The minimum Gasteiger partial charge on any atom is -0.420 e. The van der Waals surface area contributed by atoms with E-state index in [-0.39, 0.29) is 35.1 Å². The maximum absolute atomic E-state index is 13.8. The number of carbonyl (C=O) groups is 2. The molecule has 0 radical (unpaired) electrons. The molecule has 2 aliphatic rings. The smallest absolute Gasteiger partial charge is 0.315 e. The molecule has 5 nitrogen and oxygen atoms in total. The fraction of sp³-hybridized carbons (Fsp3) is 0.500. The molecular weight excluding hydrogens is 388 g/mol. The molecule has 2 amide bonds. The zero-order chi connectivity index (χ0) is 18.8. The van der Waals surface area contributed by atoms with Crippen molar-refractivity contribution in [3.8, 4) is 5.75 Å². The minimum atomic E-state index is -1.51. The van der Waals surface area contributed by atoms with Gasteiger partial charge in [-0.15, -0.1) is 9.24 Å². The van der Waals surface area contributed by atoms with Crippen LogP contribution in [0.1, 0.15) is 25.7 Å². The quantitative estimate of drug-likeness (QED) is 0.190. The number of ether oxygens (including phenoxy) is 1. The lowest BCUT2D eigenvalue weighted by molar-refractivity contribution is -0.134. The summed E-state index contributed by atoms with van der Waals surface area (Å²) >= 11 is 1.77. The number of amides is 2. The van der Waals surface area contributed by atoms with Gasteiger partial charge in [0, 0.05) is 22.7 Å². The highest BCUT2D eigenvalue weighted by atomic mass is 32.2. The van der Waals surface area contributed by atoms with E-state index in [0.29, 0.717) is 18.9 Å². The van der Waals surface area contributed by atoms with Crippen LogP contribution in [0.2, 0.25) is 0 Å². The van der Waals surface area contributed by atoms with Gasteiger partial charge >= 0.3 is 12.0 Å². The van der Waals surface area contributed by atoms with Crippen molar-refractivity contribution in [1.82, 2.24) is 10.6 Å². The molecule has 2 fully saturated rings. The van der Waals surface area contributed by atoms with E-state index in [2.05, 4.69) is 15.4 Å². The molecule has 4 atom stereocenters. The van der Waals surface area contributed by atoms with Gasteiger partial charge in [0.2, 0.25) is 11.6 Å². The topological polar surface area (TPSA) is 67.4 Å². The number of carbonyl (C=O) groups excluding carboxylic acids is 2. The monoisotopic (exact) mass is 406 g/mol. The molecule has 4 unspecified atom stereocenters. The number of hydrogen-bond acceptors (Lipinski definition) is 4. The number of urea groups is 1. The molecule has 0 bridgehead atoms. The van der Waals surface area contributed by atoms with Crippen molar-refractivity contribution in [2.24, 2.45) is 0 Å². The molecule has 10 heteroatoms. The zero-order valence-corrected chi connectivity index (χ0v) is 15.7. The molecule has 0 spiro atoms. The number of halogens is 3. The van der Waals surface area contributed by atoms with Crippen LogP contribution in [-0.4, -0.2) is 35.1 Å². The fourth-order valence-electron chi connectivity index (χ4n) is 3.11. The summed E-state index contributed by atoms with van der Waals surface area (Å²) < 4.78 is 45.4. The van der Waals surface area contributed by atoms with Crippen LogP contribution in [0.4, 0.5) is 18.0 Å². The van der Waals surface area contributed by atoms with Crippen molar-refractivity contribution in [3.05, 3.63) is 23.5 Å². The van der Waals surface area contributed by atoms with Gasteiger partial charge in [0.25, 0.3) is 0 Å². The van der Waals surface area contributed by atoms with Gasteiger partial charge in [-0.25, -0.2) is 13.6 Å². The number of fused-ring (bicyclic) bond motifs is 1. The first-order valence-electron chi connectivity index (χ1n) is 8.19. The van der Waals surface area contributed by atoms with E-state index in [4.69, 9.17) is 0 Å². The predicted octanol–water partition coefficient (Wildman–Crippen LogP) is 2.24. The van der Waals surface area contributed by atoms with Crippen LogP contribution in [0.3, 0.4) is 0 Å². The number of thioether (sulfide) groups is 1. The summed E-state index contributed by atoms with van der Waals surface area (Å²) in [5, 5.41) is 5.80. The SMILES string of the molecule is O=C1NC2CSC(CCCCC(=O)Oc3c(F)c(F)cc(P)c3F)C2N1. The lowest BCUT2D eigenvalue weighted by Crippen LogP contribution is -2.36. The Balaban J connectivity index is 1.45. The Hall–Kier alpha value is -1.47. The first-order valence-corrected chi connectivity index (χ1v) is 9.81. The second kappa shape index (κ2) is 8.05. The number of hydrogen-bond donors (Lipinski definition) is 2. The van der Waals surface area contributed by atoms with Crippen molar-refractivity contribution in [3.63, 3.8) is 0 Å². The summed E-state index contributed by atoms with van der Waals surface area (Å²) in [5.74, 6) is -4.87. The van der Waals surface area contributed by atoms with E-state index >= 15 is 0 Å². The number of esters is 1. The summed E-state index contributed by atoms with van der Waals surface area (Å²) in [5.41, 5.74) is 0. The van der Waals surface area contributed by atoms with Crippen LogP contribution >= 0.6 is 21.0 Å². The summed E-state index contributed by atoms with van der Waals surface area (Å²) in [6, 6.07) is 0.759. The average Bonchev–Trinajstić information content (AvgIpc) is 3.13. The van der Waals surface area contributed by atoms with Crippen molar-refractivity contribution < 1.29 is 27.5 Å². The Kier molecular flexibility index (Phi) is 5.97. The van der Waals surface area contributed by atoms with Crippen LogP contribution in [0, 0.1) is 17.5 Å². The number of nitrogens with one attached hydrogen (secondary N) is 2. The Bertz CT molecular complexity index is 711. The normalized spacial score (nSPS) is 24.2. The van der Waals surface area contributed by atoms with Crippen molar-refractivity contribution in [2.45, 2.75) is 43.0 Å². The first kappa shape index (κ1) is 19.3. The van der Waals surface area contributed by atoms with Crippen LogP contribution in [0.5, 0.6) is 5.75 Å². The van der Waals surface area contributed by atoms with Gasteiger partial charge in [0.15, 0.2) is 11.6 Å². The summed E-state index contributed by atoms with van der Waals surface area (Å²) in [6.45, 7) is 0. The van der Waals surface area contributed by atoms with Crippen LogP contribution < -0.4 is 20.7 Å². The van der Waals surface area contributed by atoms with E-state index in [9.17, 15) is 22.8 Å². The van der Waals surface area contributed by atoms with Crippen molar-refractivity contribution in [1.29, 1.82) is 0 Å².